The Balaban J connectivity index is 1.96. The van der Waals surface area contributed by atoms with Gasteiger partial charge in [0.25, 0.3) is 5.91 Å². The molecule has 0 atom stereocenters. The molecule has 0 saturated heterocycles. The predicted octanol–water partition coefficient (Wildman–Crippen LogP) is 4.16. The van der Waals surface area contributed by atoms with Gasteiger partial charge in [-0.3, -0.25) is 9.59 Å². The van der Waals surface area contributed by atoms with Crippen LogP contribution in [0.5, 0.6) is 0 Å². The number of carbonyl (C=O) groups is 3. The number of fused-ring (bicyclic) bond motifs is 5. The molecule has 2 aromatic heterocycles. The normalized spacial score (nSPS) is 14.2. The molecule has 1 aromatic carbocycles. The topological polar surface area (TPSA) is 111 Å². The molecule has 1 N–H and O–H groups in total. The van der Waals surface area contributed by atoms with Crippen molar-refractivity contribution in [3.8, 4) is 0 Å². The summed E-state index contributed by atoms with van der Waals surface area (Å²) in [6.07, 6.45) is 0.0546. The van der Waals surface area contributed by atoms with Crippen LogP contribution in [0.2, 0.25) is 0 Å². The number of benzene rings is 1. The van der Waals surface area contributed by atoms with E-state index in [4.69, 9.17) is 9.47 Å². The minimum Gasteiger partial charge on any atom is -0.443 e. The number of carbonyl (C=O) groups excluding carboxylic acids is 3. The van der Waals surface area contributed by atoms with Crippen LogP contribution in [-0.2, 0) is 16.0 Å². The maximum absolute atomic E-state index is 13.3. The molecule has 1 aliphatic rings. The van der Waals surface area contributed by atoms with Gasteiger partial charge in [-0.25, -0.2) is 19.1 Å². The van der Waals surface area contributed by atoms with Crippen molar-refractivity contribution in [2.24, 2.45) is 0 Å². The standard InChI is InChI=1S/C23H25N3O6/c1-22(2,3)31-20(29)25-11-15-17(19(25)28)13-8-7-12-10-24-16(27)9-14(12)18(13)26(15)21(30)32-23(4,5)6/h7-10H,11H2,1-6H3,(H,24,27). The van der Waals surface area contributed by atoms with E-state index in [1.807, 2.05) is 0 Å². The van der Waals surface area contributed by atoms with Crippen molar-refractivity contribution in [1.29, 1.82) is 0 Å². The van der Waals surface area contributed by atoms with E-state index in [2.05, 4.69) is 4.98 Å². The fourth-order valence-corrected chi connectivity index (χ4v) is 3.79. The highest BCUT2D eigenvalue weighted by atomic mass is 16.6. The molecule has 0 radical (unpaired) electrons. The summed E-state index contributed by atoms with van der Waals surface area (Å²) in [6.45, 7) is 10.2. The molecule has 2 amide bonds. The number of hydrogen-bond acceptors (Lipinski definition) is 6. The van der Waals surface area contributed by atoms with Crippen molar-refractivity contribution >= 4 is 39.8 Å². The Labute approximate surface area is 183 Å². The molecular weight excluding hydrogens is 414 g/mol. The lowest BCUT2D eigenvalue weighted by molar-refractivity contribution is 0.0241. The molecule has 9 nitrogen and oxygen atoms in total. The number of ether oxygens (including phenoxy) is 2. The Morgan fingerprint density at radius 1 is 0.938 bits per heavy atom. The maximum Gasteiger partial charge on any atom is 0.419 e. The minimum atomic E-state index is -0.796. The minimum absolute atomic E-state index is 0.151. The number of rotatable bonds is 0. The van der Waals surface area contributed by atoms with Gasteiger partial charge in [0, 0.05) is 28.4 Å². The number of aromatic nitrogens is 2. The van der Waals surface area contributed by atoms with Crippen molar-refractivity contribution in [3.05, 3.63) is 46.0 Å². The molecule has 32 heavy (non-hydrogen) atoms. The zero-order chi connectivity index (χ0) is 23.6. The average Bonchev–Trinajstić information content (AvgIpc) is 3.13. The Bertz CT molecular complexity index is 1350. The lowest BCUT2D eigenvalue weighted by Crippen LogP contribution is -2.37. The number of pyridine rings is 1. The summed E-state index contributed by atoms with van der Waals surface area (Å²) in [5, 5.41) is 1.65. The van der Waals surface area contributed by atoms with Crippen LogP contribution in [0.25, 0.3) is 21.7 Å². The highest BCUT2D eigenvalue weighted by Crippen LogP contribution is 2.37. The van der Waals surface area contributed by atoms with Crippen LogP contribution in [0.1, 0.15) is 57.6 Å². The first-order valence-corrected chi connectivity index (χ1v) is 10.2. The number of amides is 2. The van der Waals surface area contributed by atoms with Gasteiger partial charge in [-0.15, -0.1) is 0 Å². The molecule has 0 spiro atoms. The largest absolute Gasteiger partial charge is 0.443 e. The Morgan fingerprint density at radius 2 is 1.56 bits per heavy atom. The molecule has 4 rings (SSSR count). The average molecular weight is 439 g/mol. The van der Waals surface area contributed by atoms with Gasteiger partial charge in [-0.2, -0.15) is 0 Å². The summed E-state index contributed by atoms with van der Waals surface area (Å²) >= 11 is 0. The van der Waals surface area contributed by atoms with Crippen LogP contribution in [0.4, 0.5) is 9.59 Å². The fourth-order valence-electron chi connectivity index (χ4n) is 3.79. The second kappa shape index (κ2) is 6.94. The number of H-pyrrole nitrogens is 1. The zero-order valence-electron chi connectivity index (χ0n) is 18.9. The van der Waals surface area contributed by atoms with Crippen molar-refractivity contribution in [2.75, 3.05) is 0 Å². The van der Waals surface area contributed by atoms with Crippen LogP contribution < -0.4 is 5.56 Å². The third kappa shape index (κ3) is 3.63. The van der Waals surface area contributed by atoms with Crippen LogP contribution >= 0.6 is 0 Å². The second-order valence-corrected chi connectivity index (χ2v) is 9.77. The fraction of sp³-hybridized carbons (Fsp3) is 0.391. The molecule has 0 saturated carbocycles. The van der Waals surface area contributed by atoms with E-state index in [0.717, 1.165) is 4.90 Å². The summed E-state index contributed by atoms with van der Waals surface area (Å²) in [7, 11) is 0. The Kier molecular flexibility index (Phi) is 4.69. The van der Waals surface area contributed by atoms with Crippen LogP contribution in [0, 0.1) is 0 Å². The van der Waals surface area contributed by atoms with Gasteiger partial charge in [0.05, 0.1) is 23.3 Å². The monoisotopic (exact) mass is 439 g/mol. The quantitative estimate of drug-likeness (QED) is 0.563. The number of hydrogen-bond donors (Lipinski definition) is 1. The number of nitrogens with one attached hydrogen (secondary N) is 1. The molecule has 1 aliphatic heterocycles. The Morgan fingerprint density at radius 3 is 2.19 bits per heavy atom. The third-order valence-corrected chi connectivity index (χ3v) is 4.90. The van der Waals surface area contributed by atoms with Gasteiger partial charge in [0.2, 0.25) is 5.56 Å². The van der Waals surface area contributed by atoms with Gasteiger partial charge in [-0.05, 0) is 41.5 Å². The Hall–Kier alpha value is -3.62. The summed E-state index contributed by atoms with van der Waals surface area (Å²) in [6, 6.07) is 4.83. The third-order valence-electron chi connectivity index (χ3n) is 4.90. The molecule has 3 aromatic rings. The van der Waals surface area contributed by atoms with Gasteiger partial charge in [0.15, 0.2) is 0 Å². The summed E-state index contributed by atoms with van der Waals surface area (Å²) < 4.78 is 12.3. The van der Waals surface area contributed by atoms with E-state index in [1.54, 1.807) is 59.9 Å². The molecule has 0 aliphatic carbocycles. The van der Waals surface area contributed by atoms with Gasteiger partial charge >= 0.3 is 12.2 Å². The molecule has 0 unspecified atom stereocenters. The lowest BCUT2D eigenvalue weighted by Gasteiger charge is -2.24. The highest BCUT2D eigenvalue weighted by Gasteiger charge is 2.41. The second-order valence-electron chi connectivity index (χ2n) is 9.77. The number of aromatic amines is 1. The SMILES string of the molecule is CC(C)(C)OC(=O)N1Cc2c(c3ccc4c[nH]c(=O)cc4c3n2C(=O)OC(C)(C)C)C1=O. The first-order valence-electron chi connectivity index (χ1n) is 10.2. The van der Waals surface area contributed by atoms with Crippen LogP contribution in [0.3, 0.4) is 0 Å². The molecular formula is C23H25N3O6. The lowest BCUT2D eigenvalue weighted by atomic mass is 10.1. The van der Waals surface area contributed by atoms with E-state index in [-0.39, 0.29) is 17.7 Å². The van der Waals surface area contributed by atoms with E-state index >= 15 is 0 Å². The highest BCUT2D eigenvalue weighted by molar-refractivity contribution is 6.21. The summed E-state index contributed by atoms with van der Waals surface area (Å²) in [5.74, 6) is -0.564. The molecule has 0 fully saturated rings. The molecule has 168 valence electrons. The van der Waals surface area contributed by atoms with Crippen molar-refractivity contribution in [1.82, 2.24) is 14.5 Å². The van der Waals surface area contributed by atoms with Gasteiger partial charge in [-0.1, -0.05) is 12.1 Å². The van der Waals surface area contributed by atoms with Crippen LogP contribution in [0.15, 0.2) is 29.2 Å². The van der Waals surface area contributed by atoms with Gasteiger partial charge in [0.1, 0.15) is 11.2 Å². The summed E-state index contributed by atoms with van der Waals surface area (Å²) in [4.78, 5) is 54.8. The van der Waals surface area contributed by atoms with Crippen molar-refractivity contribution in [3.63, 3.8) is 0 Å². The first kappa shape index (κ1) is 21.6. The van der Waals surface area contributed by atoms with Gasteiger partial charge < -0.3 is 14.5 Å². The van der Waals surface area contributed by atoms with Crippen molar-refractivity contribution in [2.45, 2.75) is 59.3 Å². The maximum atomic E-state index is 13.3. The van der Waals surface area contributed by atoms with Crippen molar-refractivity contribution < 1.29 is 23.9 Å². The predicted molar refractivity (Wildman–Crippen MR) is 118 cm³/mol. The molecule has 3 heterocycles. The van der Waals surface area contributed by atoms with E-state index in [9.17, 15) is 19.2 Å². The first-order chi connectivity index (χ1) is 14.8. The van der Waals surface area contributed by atoms with E-state index < -0.39 is 29.3 Å². The molecule has 9 heteroatoms. The van der Waals surface area contributed by atoms with E-state index in [1.165, 1.54) is 10.6 Å². The van der Waals surface area contributed by atoms with Crippen LogP contribution in [-0.4, -0.2) is 43.7 Å². The molecule has 0 bridgehead atoms. The smallest absolute Gasteiger partial charge is 0.419 e. The number of nitrogens with zero attached hydrogens (tertiary/aromatic N) is 2. The summed E-state index contributed by atoms with van der Waals surface area (Å²) in [5.41, 5.74) is -0.994. The zero-order valence-corrected chi connectivity index (χ0v) is 18.9. The van der Waals surface area contributed by atoms with E-state index in [0.29, 0.717) is 27.4 Å². The number of imide groups is 1.